The van der Waals surface area contributed by atoms with Crippen LogP contribution in [0.3, 0.4) is 0 Å². The highest BCUT2D eigenvalue weighted by Crippen LogP contribution is 2.06. The Balaban J connectivity index is 3.21. The summed E-state index contributed by atoms with van der Waals surface area (Å²) in [7, 11) is 0. The third-order valence-electron chi connectivity index (χ3n) is 2.46. The van der Waals surface area contributed by atoms with Crippen LogP contribution < -0.4 is 0 Å². The molecule has 0 aromatic heterocycles. The van der Waals surface area contributed by atoms with Crippen LogP contribution >= 0.6 is 0 Å². The summed E-state index contributed by atoms with van der Waals surface area (Å²) in [6, 6.07) is 0. The van der Waals surface area contributed by atoms with E-state index in [9.17, 15) is 0 Å². The number of hydrogen-bond donors (Lipinski definition) is 0. The van der Waals surface area contributed by atoms with Gasteiger partial charge in [-0.3, -0.25) is 0 Å². The number of allylic oxidation sites excluding steroid dienone is 6. The molecule has 0 heteroatoms. The molecule has 0 atom stereocenters. The van der Waals surface area contributed by atoms with Gasteiger partial charge in [0, 0.05) is 0 Å². The smallest absolute Gasteiger partial charge is 0.0348 e. The molecule has 0 aliphatic rings. The molecule has 0 aromatic carbocycles. The zero-order valence-electron chi connectivity index (χ0n) is 10.8. The average molecular weight is 219 g/mol. The molecular weight excluding hydrogens is 192 g/mol. The predicted octanol–water partition coefficient (Wildman–Crippen LogP) is 5.63. The van der Waals surface area contributed by atoms with Crippen molar-refractivity contribution in [3.8, 4) is 0 Å². The van der Waals surface area contributed by atoms with Crippen molar-refractivity contribution < 1.29 is 0 Å². The Morgan fingerprint density at radius 1 is 0.750 bits per heavy atom. The third-order valence-corrected chi connectivity index (χ3v) is 2.46. The van der Waals surface area contributed by atoms with Gasteiger partial charge in [-0.1, -0.05) is 82.4 Å². The van der Waals surface area contributed by atoms with Crippen molar-refractivity contribution in [3.63, 3.8) is 0 Å². The first-order chi connectivity index (χ1) is 7.91. The summed E-state index contributed by atoms with van der Waals surface area (Å²) in [5.41, 5.74) is 0. The summed E-state index contributed by atoms with van der Waals surface area (Å²) in [5.74, 6) is 0. The van der Waals surface area contributed by atoms with Crippen molar-refractivity contribution in [2.75, 3.05) is 0 Å². The van der Waals surface area contributed by atoms with Crippen LogP contribution in [0.2, 0.25) is 0 Å². The van der Waals surface area contributed by atoms with E-state index < -0.39 is 0 Å². The van der Waals surface area contributed by atoms with Crippen LogP contribution in [0.1, 0.15) is 58.3 Å². The van der Waals surface area contributed by atoms with Crippen LogP contribution in [0.5, 0.6) is 0 Å². The van der Waals surface area contributed by atoms with Crippen molar-refractivity contribution in [1.29, 1.82) is 0 Å². The molecule has 16 heavy (non-hydrogen) atoms. The fourth-order valence-corrected chi connectivity index (χ4v) is 1.49. The number of rotatable bonds is 10. The van der Waals surface area contributed by atoms with Gasteiger partial charge in [-0.05, 0) is 19.3 Å². The summed E-state index contributed by atoms with van der Waals surface area (Å²) >= 11 is 0. The lowest BCUT2D eigenvalue weighted by Gasteiger charge is -1.96. The second kappa shape index (κ2) is 14.2. The van der Waals surface area contributed by atoms with Gasteiger partial charge in [0.2, 0.25) is 0 Å². The highest BCUT2D eigenvalue weighted by molar-refractivity contribution is 5.10. The molecule has 0 saturated carbocycles. The predicted molar refractivity (Wildman–Crippen MR) is 75.4 cm³/mol. The van der Waals surface area contributed by atoms with E-state index in [0.717, 1.165) is 12.8 Å². The van der Waals surface area contributed by atoms with Crippen LogP contribution in [-0.4, -0.2) is 0 Å². The molecule has 0 bridgehead atoms. The van der Waals surface area contributed by atoms with E-state index in [-0.39, 0.29) is 0 Å². The molecule has 0 nitrogen and oxygen atoms in total. The van der Waals surface area contributed by atoms with Gasteiger partial charge in [-0.15, -0.1) is 0 Å². The monoisotopic (exact) mass is 219 g/mol. The summed E-state index contributed by atoms with van der Waals surface area (Å²) in [6.45, 7) is 6.00. The first kappa shape index (κ1) is 15.2. The highest BCUT2D eigenvalue weighted by atomic mass is 13.9. The highest BCUT2D eigenvalue weighted by Gasteiger charge is 1.87. The molecule has 0 aliphatic carbocycles. The minimum atomic E-state index is 1.09. The van der Waals surface area contributed by atoms with E-state index in [1.54, 1.807) is 0 Å². The largest absolute Gasteiger partial charge is 0.0848 e. The topological polar surface area (TPSA) is 0 Å². The Kier molecular flexibility index (Phi) is 13.5. The second-order valence-corrected chi connectivity index (χ2v) is 4.06. The zero-order chi connectivity index (χ0) is 11.9. The zero-order valence-corrected chi connectivity index (χ0v) is 10.8. The van der Waals surface area contributed by atoms with Crippen molar-refractivity contribution >= 4 is 0 Å². The van der Waals surface area contributed by atoms with E-state index in [0.29, 0.717) is 0 Å². The minimum absolute atomic E-state index is 1.09. The lowest BCUT2D eigenvalue weighted by Crippen LogP contribution is -1.77. The van der Waals surface area contributed by atoms with Crippen molar-refractivity contribution in [2.24, 2.45) is 0 Å². The molecule has 0 N–H and O–H groups in total. The van der Waals surface area contributed by atoms with Gasteiger partial charge < -0.3 is 0 Å². The van der Waals surface area contributed by atoms with E-state index in [2.05, 4.69) is 50.3 Å². The Morgan fingerprint density at radius 3 is 2.06 bits per heavy atom. The Bertz CT molecular complexity index is 196. The van der Waals surface area contributed by atoms with Crippen LogP contribution in [0.25, 0.3) is 0 Å². The van der Waals surface area contributed by atoms with Crippen molar-refractivity contribution in [1.82, 2.24) is 0 Å². The van der Waals surface area contributed by atoms with Crippen molar-refractivity contribution in [3.05, 3.63) is 43.4 Å². The van der Waals surface area contributed by atoms with Gasteiger partial charge in [0.15, 0.2) is 0 Å². The van der Waals surface area contributed by atoms with Crippen molar-refractivity contribution in [2.45, 2.75) is 58.3 Å². The fraction of sp³-hybridized carbons (Fsp3) is 0.562. The normalized spacial score (nSPS) is 12.4. The maximum Gasteiger partial charge on any atom is -0.0348 e. The Labute approximate surface area is 102 Å². The molecule has 1 radical (unpaired) electrons. The molecule has 0 aliphatic heterocycles. The fourth-order valence-electron chi connectivity index (χ4n) is 1.49. The molecule has 0 rings (SSSR count). The van der Waals surface area contributed by atoms with Gasteiger partial charge in [0.25, 0.3) is 0 Å². The van der Waals surface area contributed by atoms with E-state index >= 15 is 0 Å². The standard InChI is InChI=1S/C16H27/c1-3-5-7-9-11-13-15-16-14-12-10-8-6-4-2/h6,8,10,12,14,16H,1,3-5,7,9,11,13,15H2,2H3. The van der Waals surface area contributed by atoms with Gasteiger partial charge >= 0.3 is 0 Å². The van der Waals surface area contributed by atoms with E-state index in [4.69, 9.17) is 0 Å². The SMILES string of the molecule is [CH2]CCCCCCCC=CC=CC=CCC. The summed E-state index contributed by atoms with van der Waals surface area (Å²) in [5, 5.41) is 0. The molecule has 0 saturated heterocycles. The van der Waals surface area contributed by atoms with Gasteiger partial charge in [0.1, 0.15) is 0 Å². The molecule has 0 unspecified atom stereocenters. The molecule has 0 aromatic rings. The maximum atomic E-state index is 3.85. The molecule has 0 amide bonds. The van der Waals surface area contributed by atoms with Crippen LogP contribution in [0, 0.1) is 6.92 Å². The van der Waals surface area contributed by atoms with Gasteiger partial charge in [0.05, 0.1) is 0 Å². The molecule has 0 spiro atoms. The molecule has 0 fully saturated rings. The summed E-state index contributed by atoms with van der Waals surface area (Å²) in [6.07, 6.45) is 23.0. The Hall–Kier alpha value is -0.780. The average Bonchev–Trinajstić information content (AvgIpc) is 2.31. The Morgan fingerprint density at radius 2 is 1.38 bits per heavy atom. The maximum absolute atomic E-state index is 3.85. The van der Waals surface area contributed by atoms with Gasteiger partial charge in [-0.25, -0.2) is 0 Å². The molecular formula is C16H27. The van der Waals surface area contributed by atoms with E-state index in [1.165, 1.54) is 38.5 Å². The molecule has 0 heterocycles. The molecule has 91 valence electrons. The lowest BCUT2D eigenvalue weighted by atomic mass is 10.1. The number of unbranched alkanes of at least 4 members (excludes halogenated alkanes) is 6. The quantitative estimate of drug-likeness (QED) is 0.330. The minimum Gasteiger partial charge on any atom is -0.0848 e. The van der Waals surface area contributed by atoms with Crippen LogP contribution in [0.4, 0.5) is 0 Å². The first-order valence-corrected chi connectivity index (χ1v) is 6.69. The second-order valence-electron chi connectivity index (χ2n) is 4.06. The first-order valence-electron chi connectivity index (χ1n) is 6.69. The van der Waals surface area contributed by atoms with Crippen LogP contribution in [-0.2, 0) is 0 Å². The summed E-state index contributed by atoms with van der Waals surface area (Å²) < 4.78 is 0. The van der Waals surface area contributed by atoms with Crippen LogP contribution in [0.15, 0.2) is 36.5 Å². The lowest BCUT2D eigenvalue weighted by molar-refractivity contribution is 0.621. The number of hydrogen-bond acceptors (Lipinski definition) is 0. The summed E-state index contributed by atoms with van der Waals surface area (Å²) in [4.78, 5) is 0. The van der Waals surface area contributed by atoms with Gasteiger partial charge in [-0.2, -0.15) is 0 Å². The third kappa shape index (κ3) is 13.2. The van der Waals surface area contributed by atoms with E-state index in [1.807, 2.05) is 0 Å².